The topological polar surface area (TPSA) is 58.4 Å². The fourth-order valence-corrected chi connectivity index (χ4v) is 3.04. The van der Waals surface area contributed by atoms with Crippen molar-refractivity contribution < 1.29 is 9.90 Å². The van der Waals surface area contributed by atoms with Crippen molar-refractivity contribution in [3.05, 3.63) is 52.3 Å². The van der Waals surface area contributed by atoms with E-state index in [9.17, 15) is 4.79 Å². The summed E-state index contributed by atoms with van der Waals surface area (Å²) < 4.78 is 2.09. The van der Waals surface area contributed by atoms with Crippen molar-refractivity contribution in [2.24, 2.45) is 0 Å². The molecule has 0 fully saturated rings. The number of carboxylic acid groups (broad SMARTS) is 1. The number of nitrogens with zero attached hydrogens (tertiary/aromatic N) is 3. The third kappa shape index (κ3) is 2.76. The highest BCUT2D eigenvalue weighted by Gasteiger charge is 2.22. The van der Waals surface area contributed by atoms with Gasteiger partial charge in [-0.05, 0) is 31.2 Å². The van der Waals surface area contributed by atoms with Gasteiger partial charge >= 0.3 is 5.97 Å². The van der Waals surface area contributed by atoms with Crippen LogP contribution in [0, 0.1) is 0 Å². The number of aromatic carboxylic acids is 1. The van der Waals surface area contributed by atoms with Crippen molar-refractivity contribution in [1.82, 2.24) is 14.7 Å². The lowest BCUT2D eigenvalue weighted by atomic mass is 10.0. The Morgan fingerprint density at radius 3 is 2.68 bits per heavy atom. The Kier molecular flexibility index (Phi) is 3.98. The van der Waals surface area contributed by atoms with Crippen molar-refractivity contribution in [3.8, 4) is 0 Å². The molecule has 1 aromatic carbocycles. The molecule has 0 spiro atoms. The molecule has 0 unspecified atom stereocenters. The van der Waals surface area contributed by atoms with E-state index in [0.29, 0.717) is 12.1 Å². The second-order valence-corrected chi connectivity index (χ2v) is 5.87. The van der Waals surface area contributed by atoms with Gasteiger partial charge in [-0.3, -0.25) is 4.68 Å². The van der Waals surface area contributed by atoms with Crippen molar-refractivity contribution in [3.63, 3.8) is 0 Å². The van der Waals surface area contributed by atoms with Gasteiger partial charge in [0.1, 0.15) is 0 Å². The molecule has 1 aliphatic rings. The highest BCUT2D eigenvalue weighted by atomic mass is 16.4. The molecule has 1 aliphatic heterocycles. The maximum absolute atomic E-state index is 10.9. The average molecular weight is 299 g/mol. The normalized spacial score (nSPS) is 14.8. The Bertz CT molecular complexity index is 689. The van der Waals surface area contributed by atoms with Gasteiger partial charge in [0.25, 0.3) is 0 Å². The Morgan fingerprint density at radius 2 is 2.05 bits per heavy atom. The summed E-state index contributed by atoms with van der Waals surface area (Å²) in [4.78, 5) is 13.2. The van der Waals surface area contributed by atoms with E-state index >= 15 is 0 Å². The number of carbonyl (C=O) groups is 1. The van der Waals surface area contributed by atoms with E-state index in [1.165, 1.54) is 17.0 Å². The van der Waals surface area contributed by atoms with Gasteiger partial charge in [-0.1, -0.05) is 19.1 Å². The number of hydrogen-bond donors (Lipinski definition) is 1. The minimum atomic E-state index is -0.890. The van der Waals surface area contributed by atoms with Crippen LogP contribution in [0.3, 0.4) is 0 Å². The summed E-state index contributed by atoms with van der Waals surface area (Å²) in [7, 11) is 2.14. The Morgan fingerprint density at radius 1 is 1.32 bits per heavy atom. The first-order valence-electron chi connectivity index (χ1n) is 7.66. The smallest absolute Gasteiger partial charge is 0.335 e. The molecule has 1 aromatic heterocycles. The summed E-state index contributed by atoms with van der Waals surface area (Å²) in [6.07, 6.45) is 1.97. The standard InChI is InChI=1S/C17H21N3O2/c1-3-15-14-11-19(2)9-8-16(14)20(18-15)10-12-4-6-13(7-5-12)17(21)22/h4-7H,3,8-11H2,1-2H3,(H,21,22). The van der Waals surface area contributed by atoms with Gasteiger partial charge in [0.15, 0.2) is 0 Å². The van der Waals surface area contributed by atoms with Crippen LogP contribution >= 0.6 is 0 Å². The fraction of sp³-hybridized carbons (Fsp3) is 0.412. The molecule has 2 aromatic rings. The van der Waals surface area contributed by atoms with Crippen molar-refractivity contribution >= 4 is 5.97 Å². The van der Waals surface area contributed by atoms with E-state index < -0.39 is 5.97 Å². The molecule has 1 N–H and O–H groups in total. The zero-order chi connectivity index (χ0) is 15.7. The highest BCUT2D eigenvalue weighted by molar-refractivity contribution is 5.87. The van der Waals surface area contributed by atoms with Crippen LogP contribution in [0.4, 0.5) is 0 Å². The molecule has 3 rings (SSSR count). The van der Waals surface area contributed by atoms with Gasteiger partial charge in [-0.25, -0.2) is 4.79 Å². The molecule has 5 nitrogen and oxygen atoms in total. The van der Waals surface area contributed by atoms with E-state index in [1.54, 1.807) is 12.1 Å². The van der Waals surface area contributed by atoms with Crippen LogP contribution in [0.2, 0.25) is 0 Å². The lowest BCUT2D eigenvalue weighted by molar-refractivity contribution is 0.0697. The summed E-state index contributed by atoms with van der Waals surface area (Å²) >= 11 is 0. The summed E-state index contributed by atoms with van der Waals surface area (Å²) in [6, 6.07) is 7.06. The highest BCUT2D eigenvalue weighted by Crippen LogP contribution is 2.23. The second kappa shape index (κ2) is 5.93. The Balaban J connectivity index is 1.88. The minimum absolute atomic E-state index is 0.321. The molecular weight excluding hydrogens is 278 g/mol. The lowest BCUT2D eigenvalue weighted by Gasteiger charge is -2.23. The summed E-state index contributed by atoms with van der Waals surface area (Å²) in [5, 5.41) is 13.7. The van der Waals surface area contributed by atoms with Gasteiger partial charge in [-0.2, -0.15) is 5.10 Å². The van der Waals surface area contributed by atoms with E-state index in [0.717, 1.165) is 31.5 Å². The monoisotopic (exact) mass is 299 g/mol. The number of carboxylic acids is 1. The number of benzene rings is 1. The van der Waals surface area contributed by atoms with Crippen LogP contribution in [0.5, 0.6) is 0 Å². The number of fused-ring (bicyclic) bond motifs is 1. The fourth-order valence-electron chi connectivity index (χ4n) is 3.04. The lowest BCUT2D eigenvalue weighted by Crippen LogP contribution is -2.27. The Labute approximate surface area is 130 Å². The number of aryl methyl sites for hydroxylation is 1. The predicted octanol–water partition coefficient (Wildman–Crippen LogP) is 2.18. The molecule has 0 bridgehead atoms. The first kappa shape index (κ1) is 14.8. The summed E-state index contributed by atoms with van der Waals surface area (Å²) in [5.74, 6) is -0.890. The molecule has 22 heavy (non-hydrogen) atoms. The summed E-state index contributed by atoms with van der Waals surface area (Å²) in [5.41, 5.74) is 5.29. The maximum atomic E-state index is 10.9. The van der Waals surface area contributed by atoms with E-state index in [4.69, 9.17) is 10.2 Å². The predicted molar refractivity (Wildman–Crippen MR) is 84.1 cm³/mol. The van der Waals surface area contributed by atoms with Gasteiger partial charge in [0, 0.05) is 30.8 Å². The third-order valence-electron chi connectivity index (χ3n) is 4.28. The number of likely N-dealkylation sites (N-methyl/N-ethyl adjacent to an activating group) is 1. The van der Waals surface area contributed by atoms with Crippen LogP contribution in [0.1, 0.15) is 39.8 Å². The van der Waals surface area contributed by atoms with Crippen LogP contribution in [-0.2, 0) is 25.9 Å². The zero-order valence-corrected chi connectivity index (χ0v) is 13.0. The number of aromatic nitrogens is 2. The second-order valence-electron chi connectivity index (χ2n) is 5.87. The van der Waals surface area contributed by atoms with Gasteiger partial charge < -0.3 is 10.0 Å². The quantitative estimate of drug-likeness (QED) is 0.940. The number of hydrogen-bond acceptors (Lipinski definition) is 3. The maximum Gasteiger partial charge on any atom is 0.335 e. The van der Waals surface area contributed by atoms with Gasteiger partial charge in [0.2, 0.25) is 0 Å². The molecule has 0 saturated heterocycles. The van der Waals surface area contributed by atoms with Crippen molar-refractivity contribution in [2.45, 2.75) is 32.9 Å². The number of rotatable bonds is 4. The Hall–Kier alpha value is -2.14. The van der Waals surface area contributed by atoms with E-state index in [2.05, 4.69) is 23.6 Å². The first-order chi connectivity index (χ1) is 10.6. The minimum Gasteiger partial charge on any atom is -0.478 e. The first-order valence-corrected chi connectivity index (χ1v) is 7.66. The molecular formula is C17H21N3O2. The van der Waals surface area contributed by atoms with Crippen LogP contribution < -0.4 is 0 Å². The SMILES string of the molecule is CCc1nn(Cc2ccc(C(=O)O)cc2)c2c1CN(C)CC2. The molecule has 0 amide bonds. The van der Waals surface area contributed by atoms with Gasteiger partial charge in [-0.15, -0.1) is 0 Å². The van der Waals surface area contributed by atoms with Crippen molar-refractivity contribution in [2.75, 3.05) is 13.6 Å². The van der Waals surface area contributed by atoms with Gasteiger partial charge in [0.05, 0.1) is 17.8 Å². The van der Waals surface area contributed by atoms with Crippen LogP contribution in [-0.4, -0.2) is 39.3 Å². The third-order valence-corrected chi connectivity index (χ3v) is 4.28. The van der Waals surface area contributed by atoms with Crippen LogP contribution in [0.15, 0.2) is 24.3 Å². The van der Waals surface area contributed by atoms with E-state index in [1.807, 2.05) is 12.1 Å². The van der Waals surface area contributed by atoms with Crippen molar-refractivity contribution in [1.29, 1.82) is 0 Å². The van der Waals surface area contributed by atoms with Crippen LogP contribution in [0.25, 0.3) is 0 Å². The summed E-state index contributed by atoms with van der Waals surface area (Å²) in [6.45, 7) is 4.87. The molecule has 0 radical (unpaired) electrons. The largest absolute Gasteiger partial charge is 0.478 e. The molecule has 0 saturated carbocycles. The molecule has 116 valence electrons. The zero-order valence-electron chi connectivity index (χ0n) is 13.0. The molecule has 2 heterocycles. The molecule has 0 atom stereocenters. The average Bonchev–Trinajstić information content (AvgIpc) is 2.85. The van der Waals surface area contributed by atoms with E-state index in [-0.39, 0.29) is 0 Å². The molecule has 5 heteroatoms. The molecule has 0 aliphatic carbocycles.